The van der Waals surface area contributed by atoms with Gasteiger partial charge in [0.05, 0.1) is 0 Å². The molecule has 1 heteroatoms. The SMILES string of the molecule is C[C@@H]1CC[C@H]2[C@H](C1)Nc1ccccc1C2(C)C. The summed E-state index contributed by atoms with van der Waals surface area (Å²) in [5.74, 6) is 1.68. The maximum absolute atomic E-state index is 3.78. The molecule has 0 radical (unpaired) electrons. The minimum absolute atomic E-state index is 0.326. The summed E-state index contributed by atoms with van der Waals surface area (Å²) in [5.41, 5.74) is 3.20. The molecular weight excluding hydrogens is 206 g/mol. The number of anilines is 1. The molecule has 1 heterocycles. The van der Waals surface area contributed by atoms with E-state index in [0.717, 1.165) is 11.8 Å². The summed E-state index contributed by atoms with van der Waals surface area (Å²) >= 11 is 0. The molecule has 17 heavy (non-hydrogen) atoms. The Morgan fingerprint density at radius 1 is 1.18 bits per heavy atom. The second-order valence-electron chi connectivity index (χ2n) is 6.54. The minimum Gasteiger partial charge on any atom is -0.382 e. The van der Waals surface area contributed by atoms with Gasteiger partial charge in [-0.05, 0) is 41.7 Å². The third kappa shape index (κ3) is 1.67. The number of rotatable bonds is 0. The van der Waals surface area contributed by atoms with Crippen LogP contribution in [0.3, 0.4) is 0 Å². The smallest absolute Gasteiger partial charge is 0.0380 e. The fraction of sp³-hybridized carbons (Fsp3) is 0.625. The van der Waals surface area contributed by atoms with Crippen LogP contribution < -0.4 is 5.32 Å². The topological polar surface area (TPSA) is 12.0 Å². The summed E-state index contributed by atoms with van der Waals surface area (Å²) in [6.45, 7) is 7.26. The van der Waals surface area contributed by atoms with Crippen molar-refractivity contribution in [3.05, 3.63) is 29.8 Å². The van der Waals surface area contributed by atoms with Gasteiger partial charge in [-0.3, -0.25) is 0 Å². The van der Waals surface area contributed by atoms with Crippen LogP contribution in [0.15, 0.2) is 24.3 Å². The Kier molecular flexibility index (Phi) is 2.46. The normalized spacial score (nSPS) is 34.4. The third-order valence-corrected chi connectivity index (χ3v) is 5.00. The molecule has 0 aromatic heterocycles. The van der Waals surface area contributed by atoms with Crippen LogP contribution in [0.1, 0.15) is 45.6 Å². The Bertz CT molecular complexity index is 421. The van der Waals surface area contributed by atoms with Gasteiger partial charge in [0.15, 0.2) is 0 Å². The predicted octanol–water partition coefficient (Wildman–Crippen LogP) is 4.19. The van der Waals surface area contributed by atoms with Gasteiger partial charge in [0.2, 0.25) is 0 Å². The average molecular weight is 229 g/mol. The lowest BCUT2D eigenvalue weighted by molar-refractivity contribution is 0.174. The molecule has 1 aromatic carbocycles. The minimum atomic E-state index is 0.326. The molecule has 1 fully saturated rings. The van der Waals surface area contributed by atoms with E-state index in [1.54, 1.807) is 0 Å². The second-order valence-corrected chi connectivity index (χ2v) is 6.54. The summed E-state index contributed by atoms with van der Waals surface area (Å²) in [4.78, 5) is 0. The van der Waals surface area contributed by atoms with Crippen molar-refractivity contribution in [1.29, 1.82) is 0 Å². The van der Waals surface area contributed by atoms with Crippen LogP contribution in [0.5, 0.6) is 0 Å². The lowest BCUT2D eigenvalue weighted by Gasteiger charge is -2.49. The van der Waals surface area contributed by atoms with E-state index in [-0.39, 0.29) is 0 Å². The summed E-state index contributed by atoms with van der Waals surface area (Å²) in [6, 6.07) is 9.55. The van der Waals surface area contributed by atoms with E-state index >= 15 is 0 Å². The van der Waals surface area contributed by atoms with Gasteiger partial charge < -0.3 is 5.32 Å². The second kappa shape index (κ2) is 3.76. The molecular formula is C16H23N. The lowest BCUT2D eigenvalue weighted by atomic mass is 9.61. The first-order chi connectivity index (χ1) is 8.09. The summed E-state index contributed by atoms with van der Waals surface area (Å²) < 4.78 is 0. The van der Waals surface area contributed by atoms with Crippen molar-refractivity contribution >= 4 is 5.69 Å². The molecule has 1 nitrogen and oxygen atoms in total. The van der Waals surface area contributed by atoms with E-state index in [1.807, 2.05) is 0 Å². The molecule has 1 N–H and O–H groups in total. The Balaban J connectivity index is 2.03. The van der Waals surface area contributed by atoms with Gasteiger partial charge >= 0.3 is 0 Å². The number of fused-ring (bicyclic) bond motifs is 2. The molecule has 1 aliphatic carbocycles. The summed E-state index contributed by atoms with van der Waals surface area (Å²) in [5, 5.41) is 3.78. The van der Waals surface area contributed by atoms with E-state index in [4.69, 9.17) is 0 Å². The standard InChI is InChI=1S/C16H23N/c1-11-8-9-13-15(10-11)17-14-7-5-4-6-12(14)16(13,2)3/h4-7,11,13,15,17H,8-10H2,1-3H3/t11-,13+,15+/m1/s1. The molecule has 3 rings (SSSR count). The van der Waals surface area contributed by atoms with E-state index in [2.05, 4.69) is 50.4 Å². The molecule has 0 amide bonds. The molecule has 1 saturated carbocycles. The van der Waals surface area contributed by atoms with Crippen LogP contribution in [0, 0.1) is 11.8 Å². The average Bonchev–Trinajstić information content (AvgIpc) is 2.28. The predicted molar refractivity (Wildman–Crippen MR) is 73.4 cm³/mol. The third-order valence-electron chi connectivity index (χ3n) is 5.00. The Morgan fingerprint density at radius 3 is 2.76 bits per heavy atom. The van der Waals surface area contributed by atoms with Crippen LogP contribution in [0.2, 0.25) is 0 Å². The molecule has 0 bridgehead atoms. The van der Waals surface area contributed by atoms with Crippen LogP contribution in [-0.4, -0.2) is 6.04 Å². The van der Waals surface area contributed by atoms with E-state index in [0.29, 0.717) is 11.5 Å². The van der Waals surface area contributed by atoms with Gasteiger partial charge in [0, 0.05) is 11.7 Å². The van der Waals surface area contributed by atoms with Crippen molar-refractivity contribution in [2.45, 2.75) is 51.5 Å². The van der Waals surface area contributed by atoms with Gasteiger partial charge in [-0.1, -0.05) is 45.4 Å². The molecule has 3 atom stereocenters. The largest absolute Gasteiger partial charge is 0.382 e. The fourth-order valence-corrected chi connectivity index (χ4v) is 3.97. The van der Waals surface area contributed by atoms with E-state index < -0.39 is 0 Å². The fourth-order valence-electron chi connectivity index (χ4n) is 3.97. The van der Waals surface area contributed by atoms with E-state index in [1.165, 1.54) is 30.5 Å². The van der Waals surface area contributed by atoms with Crippen LogP contribution in [0.25, 0.3) is 0 Å². The van der Waals surface area contributed by atoms with Crippen molar-refractivity contribution in [2.75, 3.05) is 5.32 Å². The van der Waals surface area contributed by atoms with Crippen LogP contribution in [-0.2, 0) is 5.41 Å². The first-order valence-electron chi connectivity index (χ1n) is 6.95. The zero-order chi connectivity index (χ0) is 12.0. The Morgan fingerprint density at radius 2 is 1.94 bits per heavy atom. The van der Waals surface area contributed by atoms with Gasteiger partial charge in [0.25, 0.3) is 0 Å². The van der Waals surface area contributed by atoms with Gasteiger partial charge in [-0.2, -0.15) is 0 Å². The lowest BCUT2D eigenvalue weighted by Crippen LogP contribution is -2.48. The van der Waals surface area contributed by atoms with Gasteiger partial charge in [-0.25, -0.2) is 0 Å². The van der Waals surface area contributed by atoms with Crippen LogP contribution >= 0.6 is 0 Å². The zero-order valence-corrected chi connectivity index (χ0v) is 11.2. The van der Waals surface area contributed by atoms with E-state index in [9.17, 15) is 0 Å². The highest BCUT2D eigenvalue weighted by Gasteiger charge is 2.44. The molecule has 1 aromatic rings. The Hall–Kier alpha value is -0.980. The quantitative estimate of drug-likeness (QED) is 0.703. The molecule has 92 valence electrons. The molecule has 0 saturated heterocycles. The number of hydrogen-bond donors (Lipinski definition) is 1. The van der Waals surface area contributed by atoms with Crippen LogP contribution in [0.4, 0.5) is 5.69 Å². The Labute approximate surface area is 105 Å². The number of nitrogens with one attached hydrogen (secondary N) is 1. The molecule has 2 aliphatic rings. The van der Waals surface area contributed by atoms with Gasteiger partial charge in [0.1, 0.15) is 0 Å². The van der Waals surface area contributed by atoms with Crippen molar-refractivity contribution in [1.82, 2.24) is 0 Å². The van der Waals surface area contributed by atoms with Crippen molar-refractivity contribution in [2.24, 2.45) is 11.8 Å². The highest BCUT2D eigenvalue weighted by molar-refractivity contribution is 5.58. The maximum atomic E-state index is 3.78. The summed E-state index contributed by atoms with van der Waals surface area (Å²) in [7, 11) is 0. The van der Waals surface area contributed by atoms with Crippen molar-refractivity contribution in [3.63, 3.8) is 0 Å². The van der Waals surface area contributed by atoms with Crippen molar-refractivity contribution in [3.8, 4) is 0 Å². The van der Waals surface area contributed by atoms with Crippen molar-refractivity contribution < 1.29 is 0 Å². The number of para-hydroxylation sites is 1. The molecule has 1 aliphatic heterocycles. The maximum Gasteiger partial charge on any atom is 0.0380 e. The highest BCUT2D eigenvalue weighted by atomic mass is 15.0. The number of hydrogen-bond acceptors (Lipinski definition) is 1. The van der Waals surface area contributed by atoms with Gasteiger partial charge in [-0.15, -0.1) is 0 Å². The molecule has 0 unspecified atom stereocenters. The molecule has 0 spiro atoms. The zero-order valence-electron chi connectivity index (χ0n) is 11.2. The number of benzene rings is 1. The first kappa shape index (κ1) is 11.1. The first-order valence-corrected chi connectivity index (χ1v) is 6.95. The highest BCUT2D eigenvalue weighted by Crippen LogP contribution is 2.48. The monoisotopic (exact) mass is 229 g/mol. The summed E-state index contributed by atoms with van der Waals surface area (Å²) in [6.07, 6.45) is 4.11.